The van der Waals surface area contributed by atoms with Gasteiger partial charge in [-0.2, -0.15) is 5.10 Å². The first-order valence-corrected chi connectivity index (χ1v) is 6.43. The van der Waals surface area contributed by atoms with Crippen molar-refractivity contribution in [3.8, 4) is 0 Å². The molecular weight excluding hydrogens is 292 g/mol. The fourth-order valence-electron chi connectivity index (χ4n) is 1.91. The molecular formula is C14H9ClN4O2. The number of benzene rings is 1. The summed E-state index contributed by atoms with van der Waals surface area (Å²) in [4.78, 5) is 27.9. The summed E-state index contributed by atoms with van der Waals surface area (Å²) in [6, 6.07) is 9.95. The lowest BCUT2D eigenvalue weighted by molar-refractivity contribution is 0.102. The zero-order chi connectivity index (χ0) is 14.8. The Kier molecular flexibility index (Phi) is 3.37. The number of nitrogens with zero attached hydrogens (tertiary/aromatic N) is 2. The molecule has 0 spiro atoms. The van der Waals surface area contributed by atoms with Crippen molar-refractivity contribution in [2.45, 2.75) is 0 Å². The van der Waals surface area contributed by atoms with Gasteiger partial charge in [0.2, 0.25) is 0 Å². The predicted molar refractivity (Wildman–Crippen MR) is 79.6 cm³/mol. The van der Waals surface area contributed by atoms with Gasteiger partial charge in [0.25, 0.3) is 11.5 Å². The van der Waals surface area contributed by atoms with Crippen molar-refractivity contribution in [3.63, 3.8) is 0 Å². The number of H-pyrrole nitrogens is 1. The zero-order valence-electron chi connectivity index (χ0n) is 10.6. The number of pyridine rings is 1. The highest BCUT2D eigenvalue weighted by Gasteiger charge is 2.14. The topological polar surface area (TPSA) is 87.7 Å². The smallest absolute Gasteiger partial charge is 0.277 e. The van der Waals surface area contributed by atoms with Crippen LogP contribution in [0.2, 0.25) is 5.02 Å². The molecule has 3 aromatic rings. The van der Waals surface area contributed by atoms with E-state index < -0.39 is 5.91 Å². The van der Waals surface area contributed by atoms with Crippen molar-refractivity contribution in [3.05, 3.63) is 63.7 Å². The van der Waals surface area contributed by atoms with E-state index in [0.717, 1.165) is 0 Å². The molecule has 2 N–H and O–H groups in total. The molecule has 21 heavy (non-hydrogen) atoms. The lowest BCUT2D eigenvalue weighted by Crippen LogP contribution is -2.19. The summed E-state index contributed by atoms with van der Waals surface area (Å²) in [6.45, 7) is 0. The number of hydrogen-bond acceptors (Lipinski definition) is 4. The molecule has 0 radical (unpaired) electrons. The van der Waals surface area contributed by atoms with E-state index >= 15 is 0 Å². The number of carbonyl (C=O) groups is 1. The number of anilines is 1. The molecule has 1 amide bonds. The highest BCUT2D eigenvalue weighted by molar-refractivity contribution is 6.30. The quantitative estimate of drug-likeness (QED) is 0.759. The summed E-state index contributed by atoms with van der Waals surface area (Å²) < 4.78 is 0. The molecule has 0 aliphatic carbocycles. The van der Waals surface area contributed by atoms with Gasteiger partial charge < -0.3 is 5.32 Å². The maximum absolute atomic E-state index is 12.3. The molecule has 0 bridgehead atoms. The minimum absolute atomic E-state index is 0.127. The second-order valence-electron chi connectivity index (χ2n) is 4.26. The molecule has 0 fully saturated rings. The molecule has 2 aromatic heterocycles. The number of aromatic nitrogens is 3. The van der Waals surface area contributed by atoms with E-state index in [1.807, 2.05) is 0 Å². The van der Waals surface area contributed by atoms with Gasteiger partial charge in [0, 0.05) is 11.6 Å². The van der Waals surface area contributed by atoms with Gasteiger partial charge in [-0.05, 0) is 18.2 Å². The third-order valence-electron chi connectivity index (χ3n) is 2.88. The Labute approximate surface area is 123 Å². The van der Waals surface area contributed by atoms with Crippen LogP contribution in [0.25, 0.3) is 10.8 Å². The van der Waals surface area contributed by atoms with Crippen molar-refractivity contribution >= 4 is 34.1 Å². The molecule has 0 saturated heterocycles. The minimum atomic E-state index is -0.461. The monoisotopic (exact) mass is 300 g/mol. The van der Waals surface area contributed by atoms with Crippen LogP contribution in [-0.4, -0.2) is 21.1 Å². The second-order valence-corrected chi connectivity index (χ2v) is 4.70. The minimum Gasteiger partial charge on any atom is -0.305 e. The van der Waals surface area contributed by atoms with Crippen LogP contribution in [0.15, 0.2) is 47.4 Å². The zero-order valence-corrected chi connectivity index (χ0v) is 11.4. The number of rotatable bonds is 2. The summed E-state index contributed by atoms with van der Waals surface area (Å²) in [6.07, 6.45) is 1.43. The third kappa shape index (κ3) is 2.61. The average Bonchev–Trinajstić information content (AvgIpc) is 2.50. The predicted octanol–water partition coefficient (Wildman–Crippen LogP) is 2.22. The maximum Gasteiger partial charge on any atom is 0.277 e. The SMILES string of the molecule is O=C(Nc1ccc(Cl)cn1)c1n[nH]c(=O)c2ccccc12. The number of aromatic amines is 1. The average molecular weight is 301 g/mol. The van der Waals surface area contributed by atoms with Crippen LogP contribution in [0.3, 0.4) is 0 Å². The number of hydrogen-bond donors (Lipinski definition) is 2. The second kappa shape index (κ2) is 5.34. The first-order chi connectivity index (χ1) is 10.1. The molecule has 2 heterocycles. The summed E-state index contributed by atoms with van der Waals surface area (Å²) in [5, 5.41) is 10.1. The van der Waals surface area contributed by atoms with E-state index in [9.17, 15) is 9.59 Å². The van der Waals surface area contributed by atoms with Crippen molar-refractivity contribution in [1.29, 1.82) is 0 Å². The van der Waals surface area contributed by atoms with Crippen LogP contribution in [0.1, 0.15) is 10.5 Å². The van der Waals surface area contributed by atoms with Gasteiger partial charge in [-0.25, -0.2) is 10.1 Å². The van der Waals surface area contributed by atoms with E-state index in [1.165, 1.54) is 6.20 Å². The molecule has 0 aliphatic rings. The van der Waals surface area contributed by atoms with Gasteiger partial charge in [0.15, 0.2) is 5.69 Å². The Morgan fingerprint density at radius 3 is 2.62 bits per heavy atom. The third-order valence-corrected chi connectivity index (χ3v) is 3.10. The first-order valence-electron chi connectivity index (χ1n) is 6.05. The normalized spacial score (nSPS) is 10.5. The fraction of sp³-hybridized carbons (Fsp3) is 0. The van der Waals surface area contributed by atoms with Crippen LogP contribution in [0, 0.1) is 0 Å². The number of halogens is 1. The number of nitrogens with one attached hydrogen (secondary N) is 2. The van der Waals surface area contributed by atoms with Gasteiger partial charge in [-0.15, -0.1) is 0 Å². The molecule has 0 saturated carbocycles. The largest absolute Gasteiger partial charge is 0.305 e. The highest BCUT2D eigenvalue weighted by Crippen LogP contribution is 2.15. The van der Waals surface area contributed by atoms with Gasteiger partial charge in [0.1, 0.15) is 5.82 Å². The van der Waals surface area contributed by atoms with E-state index in [1.54, 1.807) is 36.4 Å². The highest BCUT2D eigenvalue weighted by atomic mass is 35.5. The van der Waals surface area contributed by atoms with Gasteiger partial charge >= 0.3 is 0 Å². The van der Waals surface area contributed by atoms with Crippen LogP contribution >= 0.6 is 11.6 Å². The van der Waals surface area contributed by atoms with Gasteiger partial charge in [-0.1, -0.05) is 29.8 Å². The lowest BCUT2D eigenvalue weighted by atomic mass is 10.1. The molecule has 104 valence electrons. The lowest BCUT2D eigenvalue weighted by Gasteiger charge is -2.06. The van der Waals surface area contributed by atoms with Crippen molar-refractivity contribution < 1.29 is 4.79 Å². The summed E-state index contributed by atoms with van der Waals surface area (Å²) in [5.41, 5.74) is -0.214. The van der Waals surface area contributed by atoms with E-state index in [4.69, 9.17) is 11.6 Å². The maximum atomic E-state index is 12.3. The van der Waals surface area contributed by atoms with Crippen LogP contribution < -0.4 is 10.9 Å². The Balaban J connectivity index is 2.00. The first kappa shape index (κ1) is 13.3. The molecule has 0 aliphatic heterocycles. The Morgan fingerprint density at radius 1 is 1.14 bits per heavy atom. The van der Waals surface area contributed by atoms with Crippen molar-refractivity contribution in [2.24, 2.45) is 0 Å². The summed E-state index contributed by atoms with van der Waals surface area (Å²) in [7, 11) is 0. The molecule has 1 aromatic carbocycles. The Morgan fingerprint density at radius 2 is 1.90 bits per heavy atom. The Hall–Kier alpha value is -2.73. The number of fused-ring (bicyclic) bond motifs is 1. The number of amides is 1. The number of carbonyl (C=O) groups excluding carboxylic acids is 1. The molecule has 0 atom stereocenters. The van der Waals surface area contributed by atoms with Crippen molar-refractivity contribution in [2.75, 3.05) is 5.32 Å². The Bertz CT molecular complexity index is 874. The van der Waals surface area contributed by atoms with Crippen LogP contribution in [-0.2, 0) is 0 Å². The molecule has 3 rings (SSSR count). The van der Waals surface area contributed by atoms with E-state index in [0.29, 0.717) is 21.6 Å². The van der Waals surface area contributed by atoms with Crippen LogP contribution in [0.5, 0.6) is 0 Å². The fourth-order valence-corrected chi connectivity index (χ4v) is 2.02. The molecule has 6 nitrogen and oxygen atoms in total. The standard InChI is InChI=1S/C14H9ClN4O2/c15-8-5-6-11(16-7-8)17-14(21)12-9-3-1-2-4-10(9)13(20)19-18-12/h1-7H,(H,19,20)(H,16,17,21). The van der Waals surface area contributed by atoms with E-state index in [2.05, 4.69) is 20.5 Å². The van der Waals surface area contributed by atoms with Gasteiger partial charge in [0.05, 0.1) is 10.4 Å². The molecule has 7 heteroatoms. The van der Waals surface area contributed by atoms with Crippen LogP contribution in [0.4, 0.5) is 5.82 Å². The molecule has 0 unspecified atom stereocenters. The summed E-state index contributed by atoms with van der Waals surface area (Å²) >= 11 is 5.73. The van der Waals surface area contributed by atoms with Crippen molar-refractivity contribution in [1.82, 2.24) is 15.2 Å². The summed E-state index contributed by atoms with van der Waals surface area (Å²) in [5.74, 6) is -0.112. The van der Waals surface area contributed by atoms with Gasteiger partial charge in [-0.3, -0.25) is 9.59 Å². The van der Waals surface area contributed by atoms with E-state index in [-0.39, 0.29) is 11.3 Å².